The summed E-state index contributed by atoms with van der Waals surface area (Å²) in [6, 6.07) is 0. The van der Waals surface area contributed by atoms with Gasteiger partial charge in [-0.15, -0.1) is 0 Å². The van der Waals surface area contributed by atoms with Crippen molar-refractivity contribution >= 4 is 0 Å². The Morgan fingerprint density at radius 3 is 0.412 bits per heavy atom. The molecule has 0 fully saturated rings. The Morgan fingerprint density at radius 2 is 0.412 bits per heavy atom. The molecule has 0 aromatic heterocycles. The molecule has 2 radical (unpaired) electrons. The van der Waals surface area contributed by atoms with Crippen molar-refractivity contribution in [3.63, 3.8) is 0 Å². The van der Waals surface area contributed by atoms with Crippen LogP contribution in [0.4, 0.5) is 0 Å². The van der Waals surface area contributed by atoms with Crippen LogP contribution in [0.5, 0.6) is 0 Å². The SMILES string of the molecule is [O]=[Cr](=[O])([O-])[O-].[O]=[Cr](=[O])([O-])[O-].[O]=[Cr](=[O])([O-])[O-].[Ru+3].[Ru+3]. The fourth-order valence-corrected chi connectivity index (χ4v) is 0. The van der Waals surface area contributed by atoms with Crippen molar-refractivity contribution in [2.24, 2.45) is 0 Å². The maximum atomic E-state index is 8.59. The van der Waals surface area contributed by atoms with Gasteiger partial charge in [-0.2, -0.15) is 0 Å². The van der Waals surface area contributed by atoms with Crippen molar-refractivity contribution in [2.75, 3.05) is 0 Å². The maximum Gasteiger partial charge on any atom is 3.00 e. The molecule has 0 unspecified atom stereocenters. The van der Waals surface area contributed by atoms with Crippen LogP contribution in [0.2, 0.25) is 0 Å². The van der Waals surface area contributed by atoms with Crippen molar-refractivity contribution < 1.29 is 128 Å². The predicted molar refractivity (Wildman–Crippen MR) is 4.12 cm³/mol. The first-order valence-electron chi connectivity index (χ1n) is 2.00. The Bertz CT molecular complexity index is 341. The minimum absolute atomic E-state index is 0. The fraction of sp³-hybridized carbons (Fsp3) is 0. The first-order valence-corrected chi connectivity index (χ1v) is 8.25. The summed E-state index contributed by atoms with van der Waals surface area (Å²) in [6.07, 6.45) is 0. The predicted octanol–water partition coefficient (Wildman–Crippen LogP) is -7.86. The van der Waals surface area contributed by atoms with Crippen LogP contribution in [0, 0.1) is 0 Å². The van der Waals surface area contributed by atoms with E-state index in [2.05, 4.69) is 0 Å². The summed E-state index contributed by atoms with van der Waals surface area (Å²) in [5, 5.41) is 0. The monoisotopic (exact) mass is 552 g/mol. The van der Waals surface area contributed by atoms with Gasteiger partial charge in [0.05, 0.1) is 0 Å². The van der Waals surface area contributed by atoms with E-state index in [1.807, 2.05) is 0 Å². The number of rotatable bonds is 0. The van der Waals surface area contributed by atoms with Crippen molar-refractivity contribution in [2.45, 2.75) is 0 Å². The Hall–Kier alpha value is 1.40. The van der Waals surface area contributed by atoms with Gasteiger partial charge in [-0.25, -0.2) is 0 Å². The van der Waals surface area contributed by atoms with E-state index < -0.39 is 40.8 Å². The van der Waals surface area contributed by atoms with E-state index in [4.69, 9.17) is 47.8 Å². The molecule has 0 aliphatic heterocycles. The van der Waals surface area contributed by atoms with E-state index in [-0.39, 0.29) is 39.0 Å². The molecule has 0 saturated heterocycles. The molecule has 0 spiro atoms. The Kier molecular flexibility index (Phi) is 22.7. The molecular weight excluding hydrogens is 550 g/mol. The molecule has 0 bridgehead atoms. The zero-order valence-electron chi connectivity index (χ0n) is 6.83. The molecule has 0 aliphatic rings. The maximum absolute atomic E-state index is 8.59. The smallest absolute Gasteiger partial charge is 3.00 e. The first-order chi connectivity index (χ1) is 6.00. The van der Waals surface area contributed by atoms with E-state index in [0.717, 1.165) is 0 Å². The average molecular weight is 550 g/mol. The second kappa shape index (κ2) is 12.4. The van der Waals surface area contributed by atoms with Gasteiger partial charge in [-0.1, -0.05) is 0 Å². The summed E-state index contributed by atoms with van der Waals surface area (Å²) < 4.78 is 103. The minimum Gasteiger partial charge on any atom is 3.00 e. The van der Waals surface area contributed by atoms with Gasteiger partial charge < -0.3 is 0 Å². The summed E-state index contributed by atoms with van der Waals surface area (Å²) in [5.74, 6) is 0. The van der Waals surface area contributed by atoms with Crippen molar-refractivity contribution in [3.8, 4) is 0 Å². The quantitative estimate of drug-likeness (QED) is 0.256. The number of hydrogen-bond acceptors (Lipinski definition) is 12. The molecule has 0 aromatic rings. The van der Waals surface area contributed by atoms with Gasteiger partial charge in [0.25, 0.3) is 0 Å². The standard InChI is InChI=1S/3Cr.12O.2Ru/q;;;;;;;;;6*-1;2*+3. The summed E-state index contributed by atoms with van der Waals surface area (Å²) >= 11 is -17.2. The van der Waals surface area contributed by atoms with Crippen LogP contribution in [0.1, 0.15) is 0 Å². The Balaban J connectivity index is -0.0000000400. The van der Waals surface area contributed by atoms with E-state index in [9.17, 15) is 0 Å². The van der Waals surface area contributed by atoms with Crippen molar-refractivity contribution in [1.29, 1.82) is 0 Å². The van der Waals surface area contributed by atoms with Crippen LogP contribution in [0.3, 0.4) is 0 Å². The fourth-order valence-electron chi connectivity index (χ4n) is 0. The Morgan fingerprint density at radius 1 is 0.412 bits per heavy atom. The molecule has 0 aliphatic carbocycles. The minimum atomic E-state index is -5.75. The molecule has 0 amide bonds. The third-order valence-corrected chi connectivity index (χ3v) is 0. The van der Waals surface area contributed by atoms with E-state index in [0.29, 0.717) is 0 Å². The molecule has 17 heteroatoms. The normalized spacial score (nSPS) is 10.2. The van der Waals surface area contributed by atoms with Crippen LogP contribution < -0.4 is 24.9 Å². The molecule has 0 rings (SSSR count). The molecule has 0 heterocycles. The van der Waals surface area contributed by atoms with Gasteiger partial charge in [0.2, 0.25) is 0 Å². The topological polar surface area (TPSA) is 241 Å². The molecule has 0 atom stereocenters. The second-order valence-electron chi connectivity index (χ2n) is 1.22. The van der Waals surface area contributed by atoms with E-state index in [1.165, 1.54) is 0 Å². The van der Waals surface area contributed by atoms with Crippen LogP contribution in [-0.4, -0.2) is 0 Å². The van der Waals surface area contributed by atoms with Crippen molar-refractivity contribution in [3.05, 3.63) is 0 Å². The third-order valence-electron chi connectivity index (χ3n) is 0. The van der Waals surface area contributed by atoms with Gasteiger partial charge >= 0.3 is 128 Å². The summed E-state index contributed by atoms with van der Waals surface area (Å²) in [6.45, 7) is 0. The van der Waals surface area contributed by atoms with Crippen LogP contribution >= 0.6 is 0 Å². The van der Waals surface area contributed by atoms with Gasteiger partial charge in [0.1, 0.15) is 0 Å². The molecule has 0 aromatic carbocycles. The largest absolute Gasteiger partial charge is 3.00 e. The van der Waals surface area contributed by atoms with Crippen molar-refractivity contribution in [1.82, 2.24) is 0 Å². The Labute approximate surface area is 126 Å². The average Bonchev–Trinajstić information content (AvgIpc) is 1.41. The molecule has 12 nitrogen and oxygen atoms in total. The van der Waals surface area contributed by atoms with Gasteiger partial charge in [0.15, 0.2) is 0 Å². The third kappa shape index (κ3) is 2090. The molecule has 0 saturated carbocycles. The van der Waals surface area contributed by atoms with E-state index >= 15 is 0 Å². The first kappa shape index (κ1) is 31.0. The molecule has 106 valence electrons. The molecule has 0 N–H and O–H groups in total. The van der Waals surface area contributed by atoms with Crippen LogP contribution in [0.25, 0.3) is 0 Å². The number of hydrogen-bond donors (Lipinski definition) is 0. The summed E-state index contributed by atoms with van der Waals surface area (Å²) in [5.41, 5.74) is 0. The van der Waals surface area contributed by atoms with Crippen LogP contribution in [-0.2, 0) is 103 Å². The van der Waals surface area contributed by atoms with Crippen LogP contribution in [0.15, 0.2) is 0 Å². The molecular formula is Cr3O12Ru2. The van der Waals surface area contributed by atoms with Gasteiger partial charge in [-0.05, 0) is 0 Å². The molecule has 17 heavy (non-hydrogen) atoms. The summed E-state index contributed by atoms with van der Waals surface area (Å²) in [4.78, 5) is 0. The summed E-state index contributed by atoms with van der Waals surface area (Å²) in [7, 11) is 0. The zero-order chi connectivity index (χ0) is 13.5. The van der Waals surface area contributed by atoms with Gasteiger partial charge in [0, 0.05) is 0 Å². The van der Waals surface area contributed by atoms with E-state index in [1.54, 1.807) is 0 Å². The second-order valence-corrected chi connectivity index (χ2v) is 5.05. The van der Waals surface area contributed by atoms with Gasteiger partial charge in [-0.3, -0.25) is 0 Å². The zero-order valence-corrected chi connectivity index (χ0v) is 14.1.